The summed E-state index contributed by atoms with van der Waals surface area (Å²) in [6.07, 6.45) is 6.31. The molecule has 2 aliphatic rings. The number of hydrogen-bond donors (Lipinski definition) is 1. The lowest BCUT2D eigenvalue weighted by molar-refractivity contribution is -0.138. The molecule has 0 unspecified atom stereocenters. The summed E-state index contributed by atoms with van der Waals surface area (Å²) in [4.78, 5) is 42.3. The number of amides is 3. The number of hydrogen-bond acceptors (Lipinski definition) is 4. The lowest BCUT2D eigenvalue weighted by Gasteiger charge is -2.35. The molecule has 3 rings (SSSR count). The zero-order chi connectivity index (χ0) is 19.9. The predicted octanol–water partition coefficient (Wildman–Crippen LogP) is 2.90. The number of nitrogens with one attached hydrogen (secondary N) is 1. The first-order valence-corrected chi connectivity index (χ1v) is 11.4. The fourth-order valence-electron chi connectivity index (χ4n) is 4.11. The van der Waals surface area contributed by atoms with E-state index < -0.39 is 0 Å². The van der Waals surface area contributed by atoms with Gasteiger partial charge in [-0.2, -0.15) is 0 Å². The van der Waals surface area contributed by atoms with Crippen LogP contribution < -0.4 is 5.32 Å². The molecule has 7 heteroatoms. The molecule has 28 heavy (non-hydrogen) atoms. The largest absolute Gasteiger partial charge is 0.356 e. The van der Waals surface area contributed by atoms with Crippen molar-refractivity contribution in [1.82, 2.24) is 15.1 Å². The number of rotatable bonds is 7. The van der Waals surface area contributed by atoms with Crippen molar-refractivity contribution in [3.05, 3.63) is 22.4 Å². The maximum atomic E-state index is 13.0. The molecule has 6 nitrogen and oxygen atoms in total. The highest BCUT2D eigenvalue weighted by molar-refractivity contribution is 7.12. The third-order valence-corrected chi connectivity index (χ3v) is 6.65. The summed E-state index contributed by atoms with van der Waals surface area (Å²) in [5.41, 5.74) is 0. The van der Waals surface area contributed by atoms with E-state index in [0.29, 0.717) is 37.4 Å². The van der Waals surface area contributed by atoms with Gasteiger partial charge in [0, 0.05) is 32.1 Å². The molecule has 3 heterocycles. The minimum Gasteiger partial charge on any atom is -0.356 e. The highest BCUT2D eigenvalue weighted by Gasteiger charge is 2.38. The molecule has 1 N–H and O–H groups in total. The van der Waals surface area contributed by atoms with Crippen LogP contribution in [0.3, 0.4) is 0 Å². The first-order chi connectivity index (χ1) is 13.6. The normalized spacial score (nSPS) is 20.4. The summed E-state index contributed by atoms with van der Waals surface area (Å²) < 4.78 is 0. The van der Waals surface area contributed by atoms with Gasteiger partial charge in [-0.3, -0.25) is 14.4 Å². The molecule has 0 saturated carbocycles. The van der Waals surface area contributed by atoms with Crippen LogP contribution in [0, 0.1) is 5.92 Å². The van der Waals surface area contributed by atoms with Crippen LogP contribution in [0.25, 0.3) is 0 Å². The Labute approximate surface area is 171 Å². The first-order valence-electron chi connectivity index (χ1n) is 10.5. The topological polar surface area (TPSA) is 69.7 Å². The molecule has 0 bridgehead atoms. The number of likely N-dealkylation sites (tertiary alicyclic amines) is 2. The summed E-state index contributed by atoms with van der Waals surface area (Å²) in [5, 5.41) is 4.92. The number of piperidine rings is 1. The Kier molecular flexibility index (Phi) is 7.48. The molecule has 154 valence electrons. The summed E-state index contributed by atoms with van der Waals surface area (Å²) >= 11 is 1.42. The third kappa shape index (κ3) is 4.93. The minimum atomic E-state index is -0.353. The van der Waals surface area contributed by atoms with Crippen LogP contribution in [0.2, 0.25) is 0 Å². The first kappa shape index (κ1) is 20.8. The fourth-order valence-corrected chi connectivity index (χ4v) is 4.79. The molecular weight excluding hydrogens is 374 g/mol. The van der Waals surface area contributed by atoms with E-state index in [2.05, 4.69) is 12.2 Å². The molecule has 1 atom stereocenters. The van der Waals surface area contributed by atoms with E-state index in [9.17, 15) is 14.4 Å². The molecule has 1 aromatic heterocycles. The summed E-state index contributed by atoms with van der Waals surface area (Å²) in [7, 11) is 0. The van der Waals surface area contributed by atoms with E-state index in [4.69, 9.17) is 0 Å². The van der Waals surface area contributed by atoms with Crippen molar-refractivity contribution in [2.24, 2.45) is 5.92 Å². The van der Waals surface area contributed by atoms with Crippen LogP contribution in [0.4, 0.5) is 0 Å². The zero-order valence-corrected chi connectivity index (χ0v) is 17.5. The van der Waals surface area contributed by atoms with Crippen molar-refractivity contribution in [1.29, 1.82) is 0 Å². The third-order valence-electron chi connectivity index (χ3n) is 5.79. The van der Waals surface area contributed by atoms with Gasteiger partial charge >= 0.3 is 0 Å². The minimum absolute atomic E-state index is 0.00175. The monoisotopic (exact) mass is 405 g/mol. The van der Waals surface area contributed by atoms with Crippen molar-refractivity contribution in [2.75, 3.05) is 26.2 Å². The molecule has 3 amide bonds. The highest BCUT2D eigenvalue weighted by atomic mass is 32.1. The Hall–Kier alpha value is -1.89. The van der Waals surface area contributed by atoms with E-state index in [1.54, 1.807) is 4.90 Å². The Morgan fingerprint density at radius 3 is 2.61 bits per heavy atom. The van der Waals surface area contributed by atoms with Crippen molar-refractivity contribution >= 4 is 29.1 Å². The standard InChI is InChI=1S/C21H31N3O3S/c1-2-3-4-11-22-19(25)16-9-13-23(14-10-16)20(26)17-7-5-12-24(17)21(27)18-8-6-15-28-18/h6,8,15-17H,2-5,7,9-14H2,1H3,(H,22,25)/t17-/m0/s1. The molecule has 2 fully saturated rings. The Bertz CT molecular complexity index is 668. The summed E-state index contributed by atoms with van der Waals surface area (Å²) in [6, 6.07) is 3.33. The Morgan fingerprint density at radius 2 is 1.93 bits per heavy atom. The fraction of sp³-hybridized carbons (Fsp3) is 0.667. The van der Waals surface area contributed by atoms with Gasteiger partial charge in [-0.15, -0.1) is 11.3 Å². The lowest BCUT2D eigenvalue weighted by atomic mass is 9.95. The molecule has 0 spiro atoms. The molecule has 2 aliphatic heterocycles. The molecular formula is C21H31N3O3S. The zero-order valence-electron chi connectivity index (χ0n) is 16.7. The number of carbonyl (C=O) groups is 3. The van der Waals surface area contributed by atoms with E-state index in [-0.39, 0.29) is 29.7 Å². The van der Waals surface area contributed by atoms with E-state index in [0.717, 1.165) is 38.6 Å². The molecule has 0 radical (unpaired) electrons. The van der Waals surface area contributed by atoms with Crippen LogP contribution in [0.5, 0.6) is 0 Å². The quantitative estimate of drug-likeness (QED) is 0.709. The maximum absolute atomic E-state index is 13.0. The highest BCUT2D eigenvalue weighted by Crippen LogP contribution is 2.26. The Balaban J connectivity index is 1.49. The van der Waals surface area contributed by atoms with Crippen molar-refractivity contribution in [2.45, 2.75) is 57.9 Å². The summed E-state index contributed by atoms with van der Waals surface area (Å²) in [5.74, 6) is 0.132. The number of unbranched alkanes of at least 4 members (excludes halogenated alkanes) is 2. The molecule has 1 aromatic rings. The van der Waals surface area contributed by atoms with Crippen molar-refractivity contribution in [3.8, 4) is 0 Å². The van der Waals surface area contributed by atoms with Crippen LogP contribution in [0.1, 0.15) is 61.5 Å². The van der Waals surface area contributed by atoms with Crippen molar-refractivity contribution in [3.63, 3.8) is 0 Å². The Morgan fingerprint density at radius 1 is 1.14 bits per heavy atom. The second-order valence-corrected chi connectivity index (χ2v) is 8.68. The van der Waals surface area contributed by atoms with Crippen LogP contribution in [-0.4, -0.2) is 59.7 Å². The van der Waals surface area contributed by atoms with Crippen LogP contribution >= 0.6 is 11.3 Å². The average Bonchev–Trinajstić information content (AvgIpc) is 3.42. The molecule has 2 saturated heterocycles. The predicted molar refractivity (Wildman–Crippen MR) is 110 cm³/mol. The average molecular weight is 406 g/mol. The van der Waals surface area contributed by atoms with Crippen molar-refractivity contribution < 1.29 is 14.4 Å². The van der Waals surface area contributed by atoms with Gasteiger partial charge in [-0.05, 0) is 43.6 Å². The van der Waals surface area contributed by atoms with Gasteiger partial charge in [-0.1, -0.05) is 25.8 Å². The molecule has 0 aliphatic carbocycles. The van der Waals surface area contributed by atoms with Gasteiger partial charge < -0.3 is 15.1 Å². The number of nitrogens with zero attached hydrogens (tertiary/aromatic N) is 2. The van der Waals surface area contributed by atoms with E-state index in [1.165, 1.54) is 11.3 Å². The van der Waals surface area contributed by atoms with Gasteiger partial charge in [0.1, 0.15) is 6.04 Å². The van der Waals surface area contributed by atoms with E-state index in [1.807, 2.05) is 22.4 Å². The SMILES string of the molecule is CCCCCNC(=O)C1CCN(C(=O)[C@@H]2CCCN2C(=O)c2cccs2)CC1. The lowest BCUT2D eigenvalue weighted by Crippen LogP contribution is -2.51. The second-order valence-electron chi connectivity index (χ2n) is 7.73. The van der Waals surface area contributed by atoms with Gasteiger partial charge in [-0.25, -0.2) is 0 Å². The van der Waals surface area contributed by atoms with Crippen LogP contribution in [-0.2, 0) is 9.59 Å². The van der Waals surface area contributed by atoms with Gasteiger partial charge in [0.05, 0.1) is 4.88 Å². The second kappa shape index (κ2) is 10.0. The summed E-state index contributed by atoms with van der Waals surface area (Å²) in [6.45, 7) is 4.73. The molecule has 0 aromatic carbocycles. The van der Waals surface area contributed by atoms with E-state index >= 15 is 0 Å². The maximum Gasteiger partial charge on any atom is 0.264 e. The van der Waals surface area contributed by atoms with Gasteiger partial charge in [0.2, 0.25) is 11.8 Å². The number of carbonyl (C=O) groups excluding carboxylic acids is 3. The smallest absolute Gasteiger partial charge is 0.264 e. The van der Waals surface area contributed by atoms with Crippen LogP contribution in [0.15, 0.2) is 17.5 Å². The number of thiophene rings is 1. The van der Waals surface area contributed by atoms with Gasteiger partial charge in [0.25, 0.3) is 5.91 Å². The van der Waals surface area contributed by atoms with Gasteiger partial charge in [0.15, 0.2) is 0 Å².